The summed E-state index contributed by atoms with van der Waals surface area (Å²) in [5.41, 5.74) is 2.84. The molecule has 0 aromatic heterocycles. The minimum Gasteiger partial charge on any atom is -0.388 e. The molecule has 1 aromatic rings. The normalized spacial score (nSPS) is 15.4. The van der Waals surface area contributed by atoms with Crippen LogP contribution in [0.4, 0.5) is 4.39 Å². The first-order valence-corrected chi connectivity index (χ1v) is 7.05. The summed E-state index contributed by atoms with van der Waals surface area (Å²) in [7, 11) is 0. The molecule has 2 atom stereocenters. The molecule has 0 saturated heterocycles. The lowest BCUT2D eigenvalue weighted by Gasteiger charge is -2.26. The van der Waals surface area contributed by atoms with Gasteiger partial charge in [0.05, 0.1) is 6.10 Å². The summed E-state index contributed by atoms with van der Waals surface area (Å²) in [6.45, 7) is 12.5. The summed E-state index contributed by atoms with van der Waals surface area (Å²) in [5, 5.41) is 10.4. The van der Waals surface area contributed by atoms with Gasteiger partial charge in [-0.25, -0.2) is 4.39 Å². The third kappa shape index (κ3) is 4.94. The average Bonchev–Trinajstić information content (AvgIpc) is 2.10. The Bertz CT molecular complexity index is 408. The largest absolute Gasteiger partial charge is 0.388 e. The molecule has 19 heavy (non-hydrogen) atoms. The van der Waals surface area contributed by atoms with Gasteiger partial charge in [0.25, 0.3) is 0 Å². The van der Waals surface area contributed by atoms with E-state index in [9.17, 15) is 9.50 Å². The number of halogens is 1. The minimum atomic E-state index is -0.502. The van der Waals surface area contributed by atoms with E-state index < -0.39 is 6.10 Å². The molecule has 0 heterocycles. The molecule has 0 saturated carbocycles. The second-order valence-corrected chi connectivity index (χ2v) is 7.07. The highest BCUT2D eigenvalue weighted by atomic mass is 19.1. The van der Waals surface area contributed by atoms with Gasteiger partial charge < -0.3 is 5.11 Å². The lowest BCUT2D eigenvalue weighted by molar-refractivity contribution is 0.133. The maximum absolute atomic E-state index is 13.3. The van der Waals surface area contributed by atoms with Crippen LogP contribution in [0.15, 0.2) is 12.1 Å². The summed E-state index contributed by atoms with van der Waals surface area (Å²) < 4.78 is 13.3. The van der Waals surface area contributed by atoms with Crippen molar-refractivity contribution in [2.75, 3.05) is 0 Å². The standard InChI is InChI=1S/C17H27FO/c1-11(10-17(4,5)6)7-15(19)16-12(2)8-14(18)9-13(16)3/h8-9,11,15,19H,7,10H2,1-6H3. The van der Waals surface area contributed by atoms with Crippen molar-refractivity contribution in [3.8, 4) is 0 Å². The Balaban J connectivity index is 2.81. The van der Waals surface area contributed by atoms with E-state index in [1.54, 1.807) is 0 Å². The summed E-state index contributed by atoms with van der Waals surface area (Å²) in [4.78, 5) is 0. The van der Waals surface area contributed by atoms with Crippen LogP contribution in [0.1, 0.15) is 63.3 Å². The lowest BCUT2D eigenvalue weighted by atomic mass is 9.82. The Morgan fingerprint density at radius 2 is 1.63 bits per heavy atom. The predicted molar refractivity (Wildman–Crippen MR) is 78.7 cm³/mol. The molecular weight excluding hydrogens is 239 g/mol. The van der Waals surface area contributed by atoms with Crippen LogP contribution in [0.2, 0.25) is 0 Å². The van der Waals surface area contributed by atoms with Crippen LogP contribution in [-0.2, 0) is 0 Å². The highest BCUT2D eigenvalue weighted by Gasteiger charge is 2.21. The first-order valence-electron chi connectivity index (χ1n) is 7.05. The summed E-state index contributed by atoms with van der Waals surface area (Å²) >= 11 is 0. The molecule has 0 fully saturated rings. The highest BCUT2D eigenvalue weighted by Crippen LogP contribution is 2.32. The van der Waals surface area contributed by atoms with Crippen LogP contribution in [-0.4, -0.2) is 5.11 Å². The molecule has 1 rings (SSSR count). The van der Waals surface area contributed by atoms with Gasteiger partial charge in [-0.2, -0.15) is 0 Å². The molecule has 1 nitrogen and oxygen atoms in total. The van der Waals surface area contributed by atoms with Crippen molar-refractivity contribution >= 4 is 0 Å². The summed E-state index contributed by atoms with van der Waals surface area (Å²) in [6, 6.07) is 3.00. The number of hydrogen-bond acceptors (Lipinski definition) is 1. The van der Waals surface area contributed by atoms with Crippen LogP contribution >= 0.6 is 0 Å². The molecule has 0 amide bonds. The van der Waals surface area contributed by atoms with E-state index in [2.05, 4.69) is 27.7 Å². The molecule has 0 bridgehead atoms. The van der Waals surface area contributed by atoms with E-state index in [-0.39, 0.29) is 11.2 Å². The molecule has 108 valence electrons. The molecule has 2 unspecified atom stereocenters. The number of aliphatic hydroxyl groups excluding tert-OH is 1. The Kier molecular flexibility index (Phi) is 5.14. The van der Waals surface area contributed by atoms with E-state index >= 15 is 0 Å². The van der Waals surface area contributed by atoms with Crippen molar-refractivity contribution in [3.63, 3.8) is 0 Å². The van der Waals surface area contributed by atoms with Crippen molar-refractivity contribution in [1.29, 1.82) is 0 Å². The number of aryl methyl sites for hydroxylation is 2. The monoisotopic (exact) mass is 266 g/mol. The minimum absolute atomic E-state index is 0.228. The summed E-state index contributed by atoms with van der Waals surface area (Å²) in [6.07, 6.45) is 1.30. The topological polar surface area (TPSA) is 20.2 Å². The second-order valence-electron chi connectivity index (χ2n) is 7.07. The van der Waals surface area contributed by atoms with Crippen LogP contribution in [0.3, 0.4) is 0 Å². The fourth-order valence-electron chi connectivity index (χ4n) is 3.08. The van der Waals surface area contributed by atoms with E-state index in [4.69, 9.17) is 0 Å². The Labute approximate surface area is 116 Å². The fraction of sp³-hybridized carbons (Fsp3) is 0.647. The fourth-order valence-corrected chi connectivity index (χ4v) is 3.08. The van der Waals surface area contributed by atoms with Crippen LogP contribution in [0, 0.1) is 31.0 Å². The number of rotatable bonds is 4. The molecule has 0 radical (unpaired) electrons. The van der Waals surface area contributed by atoms with Crippen LogP contribution in [0.25, 0.3) is 0 Å². The van der Waals surface area contributed by atoms with Gasteiger partial charge in [0.15, 0.2) is 0 Å². The smallest absolute Gasteiger partial charge is 0.123 e. The third-order valence-electron chi connectivity index (χ3n) is 3.48. The Hall–Kier alpha value is -0.890. The van der Waals surface area contributed by atoms with Gasteiger partial charge in [-0.1, -0.05) is 27.7 Å². The first kappa shape index (κ1) is 16.2. The van der Waals surface area contributed by atoms with Crippen molar-refractivity contribution in [3.05, 3.63) is 34.6 Å². The zero-order valence-electron chi connectivity index (χ0n) is 13.0. The predicted octanol–water partition coefficient (Wildman–Crippen LogP) is 4.94. The maximum atomic E-state index is 13.3. The van der Waals surface area contributed by atoms with Crippen LogP contribution < -0.4 is 0 Å². The molecular formula is C17H27FO. The van der Waals surface area contributed by atoms with Crippen molar-refractivity contribution < 1.29 is 9.50 Å². The van der Waals surface area contributed by atoms with Gasteiger partial charge >= 0.3 is 0 Å². The van der Waals surface area contributed by atoms with Gasteiger partial charge in [0, 0.05) is 0 Å². The Morgan fingerprint density at radius 1 is 1.16 bits per heavy atom. The molecule has 0 aliphatic heterocycles. The lowest BCUT2D eigenvalue weighted by Crippen LogP contribution is -2.14. The second kappa shape index (κ2) is 6.04. The Morgan fingerprint density at radius 3 is 2.05 bits per heavy atom. The van der Waals surface area contributed by atoms with Crippen molar-refractivity contribution in [2.24, 2.45) is 11.3 Å². The van der Waals surface area contributed by atoms with E-state index in [1.165, 1.54) is 12.1 Å². The average molecular weight is 266 g/mol. The molecule has 0 aliphatic carbocycles. The third-order valence-corrected chi connectivity index (χ3v) is 3.48. The van der Waals surface area contributed by atoms with Crippen LogP contribution in [0.5, 0.6) is 0 Å². The highest BCUT2D eigenvalue weighted by molar-refractivity contribution is 5.36. The van der Waals surface area contributed by atoms with Crippen molar-refractivity contribution in [2.45, 2.75) is 60.5 Å². The van der Waals surface area contributed by atoms with Gasteiger partial charge in [-0.05, 0) is 66.8 Å². The maximum Gasteiger partial charge on any atom is 0.123 e. The first-order chi connectivity index (χ1) is 8.60. The molecule has 1 aromatic carbocycles. The number of benzene rings is 1. The number of aliphatic hydroxyl groups is 1. The zero-order valence-corrected chi connectivity index (χ0v) is 13.0. The summed E-state index contributed by atoms with van der Waals surface area (Å²) in [5.74, 6) is 0.215. The molecule has 2 heteroatoms. The zero-order chi connectivity index (χ0) is 14.8. The van der Waals surface area contributed by atoms with E-state index in [0.717, 1.165) is 29.5 Å². The van der Waals surface area contributed by atoms with Gasteiger partial charge in [0.1, 0.15) is 5.82 Å². The quantitative estimate of drug-likeness (QED) is 0.818. The molecule has 1 N–H and O–H groups in total. The SMILES string of the molecule is Cc1cc(F)cc(C)c1C(O)CC(C)CC(C)(C)C. The van der Waals surface area contributed by atoms with Gasteiger partial charge in [0.2, 0.25) is 0 Å². The van der Waals surface area contributed by atoms with Gasteiger partial charge in [-0.3, -0.25) is 0 Å². The number of hydrogen-bond donors (Lipinski definition) is 1. The van der Waals surface area contributed by atoms with E-state index in [1.807, 2.05) is 13.8 Å². The van der Waals surface area contributed by atoms with Crippen molar-refractivity contribution in [1.82, 2.24) is 0 Å². The molecule has 0 spiro atoms. The molecule has 0 aliphatic rings. The van der Waals surface area contributed by atoms with Gasteiger partial charge in [-0.15, -0.1) is 0 Å². The van der Waals surface area contributed by atoms with E-state index in [0.29, 0.717) is 5.92 Å².